The van der Waals surface area contributed by atoms with E-state index in [1.165, 1.54) is 42.5 Å². The number of unbranched alkanes of at least 4 members (excludes halogenated alkanes) is 1. The van der Waals surface area contributed by atoms with Crippen LogP contribution < -0.4 is 20.1 Å². The molecule has 1 aliphatic heterocycles. The van der Waals surface area contributed by atoms with E-state index in [0.29, 0.717) is 37.1 Å². The quantitative estimate of drug-likeness (QED) is 0.0552. The van der Waals surface area contributed by atoms with Crippen LogP contribution in [0, 0.1) is 17.8 Å². The first-order valence-electron chi connectivity index (χ1n) is 21.5. The van der Waals surface area contributed by atoms with E-state index in [0.717, 1.165) is 30.5 Å². The summed E-state index contributed by atoms with van der Waals surface area (Å²) in [6, 6.07) is 28.6. The molecule has 1 aliphatic carbocycles. The number of nitrogens with two attached hydrogens (primary N) is 1. The Labute approximate surface area is 367 Å². The zero-order valence-corrected chi connectivity index (χ0v) is 36.8. The Morgan fingerprint density at radius 1 is 0.889 bits per heavy atom. The predicted molar refractivity (Wildman–Crippen MR) is 237 cm³/mol. The molecule has 6 atom stereocenters. The van der Waals surface area contributed by atoms with E-state index in [-0.39, 0.29) is 60.2 Å². The molecule has 1 saturated carbocycles. The minimum atomic E-state index is -5.22. The normalized spacial score (nSPS) is 18.7. The fourth-order valence-electron chi connectivity index (χ4n) is 8.03. The molecule has 1 saturated heterocycles. The highest BCUT2D eigenvalue weighted by Gasteiger charge is 2.59. The number of nitrogens with one attached hydrogen (secondary N) is 1. The van der Waals surface area contributed by atoms with E-state index < -0.39 is 48.8 Å². The Balaban J connectivity index is 1.13. The number of ether oxygens (including phenoxy) is 1. The van der Waals surface area contributed by atoms with Gasteiger partial charge in [0.05, 0.1) is 18.8 Å². The summed E-state index contributed by atoms with van der Waals surface area (Å²) in [5, 5.41) is 3.08. The average molecular weight is 884 g/mol. The van der Waals surface area contributed by atoms with Crippen LogP contribution in [0.25, 0.3) is 5.57 Å². The van der Waals surface area contributed by atoms with Gasteiger partial charge in [-0.25, -0.2) is 4.57 Å². The molecule has 0 radical (unpaired) electrons. The van der Waals surface area contributed by atoms with E-state index in [1.807, 2.05) is 44.2 Å². The monoisotopic (exact) mass is 883 g/mol. The largest absolute Gasteiger partial charge is 0.504 e. The zero-order chi connectivity index (χ0) is 45.1. The second-order valence-corrected chi connectivity index (χ2v) is 18.4. The third-order valence-corrected chi connectivity index (χ3v) is 13.6. The Bertz CT molecular complexity index is 2220. The van der Waals surface area contributed by atoms with Crippen molar-refractivity contribution in [1.29, 1.82) is 0 Å². The second kappa shape index (κ2) is 21.1. The van der Waals surface area contributed by atoms with Crippen molar-refractivity contribution in [2.24, 2.45) is 23.5 Å². The molecule has 4 aromatic carbocycles. The number of ketones is 1. The lowest BCUT2D eigenvalue weighted by molar-refractivity contribution is -0.144. The summed E-state index contributed by atoms with van der Waals surface area (Å²) in [6.45, 7) is 6.22. The summed E-state index contributed by atoms with van der Waals surface area (Å²) >= 11 is 0. The topological polar surface area (TPSA) is 154 Å². The molecule has 63 heavy (non-hydrogen) atoms. The Hall–Kier alpha value is -5.65. The number of para-hydroxylation sites is 2. The molecule has 2 fully saturated rings. The number of halogens is 2. The minimum Gasteiger partial charge on any atom is -0.412 e. The number of likely N-dealkylation sites (tertiary alicyclic amines) is 1. The molecule has 14 heteroatoms. The van der Waals surface area contributed by atoms with Gasteiger partial charge >= 0.3 is 13.3 Å². The molecular formula is C49H56F2N3O8P. The van der Waals surface area contributed by atoms with Crippen molar-refractivity contribution in [3.63, 3.8) is 0 Å². The number of carbonyl (C=O) groups excluding carboxylic acids is 4. The number of hydrogen-bond donors (Lipinski definition) is 2. The highest BCUT2D eigenvalue weighted by Crippen LogP contribution is 2.65. The predicted octanol–water partition coefficient (Wildman–Crippen LogP) is 9.46. The Kier molecular flexibility index (Phi) is 15.7. The number of nitrogens with zero attached hydrogens (tertiary/aromatic N) is 1. The number of amides is 3. The van der Waals surface area contributed by atoms with Gasteiger partial charge in [0.25, 0.3) is 0 Å². The van der Waals surface area contributed by atoms with Crippen LogP contribution in [0.1, 0.15) is 82.4 Å². The number of alkyl halides is 2. The second-order valence-electron chi connectivity index (χ2n) is 16.5. The van der Waals surface area contributed by atoms with Crippen LogP contribution in [0.5, 0.6) is 11.5 Å². The highest BCUT2D eigenvalue weighted by atomic mass is 31.2. The van der Waals surface area contributed by atoms with E-state index in [4.69, 9.17) is 19.5 Å². The molecule has 1 heterocycles. The van der Waals surface area contributed by atoms with E-state index in [9.17, 15) is 23.7 Å². The number of rotatable bonds is 23. The number of piperidine rings is 1. The van der Waals surface area contributed by atoms with E-state index in [1.54, 1.807) is 48.2 Å². The Morgan fingerprint density at radius 3 is 2.05 bits per heavy atom. The fourth-order valence-corrected chi connectivity index (χ4v) is 9.56. The van der Waals surface area contributed by atoms with Crippen molar-refractivity contribution < 1.29 is 46.3 Å². The summed E-state index contributed by atoms with van der Waals surface area (Å²) < 4.78 is 63.5. The molecule has 334 valence electrons. The number of carbonyl (C=O) groups is 4. The van der Waals surface area contributed by atoms with Gasteiger partial charge in [-0.3, -0.25) is 19.2 Å². The Morgan fingerprint density at radius 2 is 1.48 bits per heavy atom. The van der Waals surface area contributed by atoms with Gasteiger partial charge in [0.2, 0.25) is 17.7 Å². The van der Waals surface area contributed by atoms with Crippen LogP contribution >= 0.6 is 7.60 Å². The molecule has 3 N–H and O–H groups in total. The van der Waals surface area contributed by atoms with Crippen molar-refractivity contribution in [3.8, 4) is 11.5 Å². The van der Waals surface area contributed by atoms with Crippen molar-refractivity contribution >= 4 is 36.7 Å². The maximum Gasteiger partial charge on any atom is 0.504 e. The van der Waals surface area contributed by atoms with Crippen molar-refractivity contribution in [1.82, 2.24) is 10.2 Å². The SMILES string of the molecule is CCCC[C@H](CC(=O)/C=C(\C)c1ccc(C(F)(F)P(=O)(Oc2ccccc2)Oc2ccccc2)cc1)C(=O)N1C[C@H]2CC2[C@H]1C(=O)N[C@@H](CCC(N)=O)[C@@H](C)OCc1ccccc1. The van der Waals surface area contributed by atoms with Gasteiger partial charge in [-0.05, 0) is 92.0 Å². The van der Waals surface area contributed by atoms with Gasteiger partial charge in [0.1, 0.15) is 17.5 Å². The lowest BCUT2D eigenvalue weighted by Crippen LogP contribution is -2.54. The minimum absolute atomic E-state index is 0.00462. The van der Waals surface area contributed by atoms with Crippen LogP contribution in [0.15, 0.2) is 121 Å². The van der Waals surface area contributed by atoms with Crippen LogP contribution in [0.4, 0.5) is 8.78 Å². The molecule has 1 unspecified atom stereocenters. The third-order valence-electron chi connectivity index (χ3n) is 11.7. The fraction of sp³-hybridized carbons (Fsp3) is 0.388. The maximum absolute atomic E-state index is 16.3. The van der Waals surface area contributed by atoms with Crippen molar-refractivity contribution in [2.75, 3.05) is 6.54 Å². The van der Waals surface area contributed by atoms with Gasteiger partial charge in [-0.1, -0.05) is 111 Å². The number of primary amides is 1. The number of hydrogen-bond acceptors (Lipinski definition) is 8. The first-order valence-corrected chi connectivity index (χ1v) is 23.1. The summed E-state index contributed by atoms with van der Waals surface area (Å²) in [6.07, 6.45) is 3.89. The first kappa shape index (κ1) is 46.8. The molecule has 11 nitrogen and oxygen atoms in total. The third kappa shape index (κ3) is 12.1. The van der Waals surface area contributed by atoms with Crippen LogP contribution in [0.2, 0.25) is 0 Å². The summed E-state index contributed by atoms with van der Waals surface area (Å²) in [5.74, 6) is -2.02. The standard InChI is InChI=1S/C49H56F2N3O8P/c1-4-5-17-37(48(58)54-31-38-30-43(38)46(54)47(57)53-44(26-27-45(52)56)34(3)60-32-35-15-9-6-10-16-35)29-40(55)28-33(2)36-22-24-39(25-23-36)49(50,51)63(59,61-41-18-11-7-12-19-41)62-42-20-13-8-14-21-42/h6-16,18-25,28,34,37-38,43-44,46H,4-5,17,26-27,29-32H2,1-3H3,(H2,52,56)(H,53,57)/b33-28+/t34-,37-,38-,43?,44+,46+/m1/s1. The zero-order valence-electron chi connectivity index (χ0n) is 35.9. The average Bonchev–Trinajstić information content (AvgIpc) is 3.94. The molecule has 4 aromatic rings. The lowest BCUT2D eigenvalue weighted by Gasteiger charge is -2.32. The van der Waals surface area contributed by atoms with Crippen LogP contribution in [-0.2, 0) is 40.8 Å². The highest BCUT2D eigenvalue weighted by molar-refractivity contribution is 7.55. The summed E-state index contributed by atoms with van der Waals surface area (Å²) in [7, 11) is -5.22. The maximum atomic E-state index is 16.3. The van der Waals surface area contributed by atoms with Crippen molar-refractivity contribution in [3.05, 3.63) is 138 Å². The smallest absolute Gasteiger partial charge is 0.412 e. The van der Waals surface area contributed by atoms with Gasteiger partial charge in [-0.15, -0.1) is 0 Å². The van der Waals surface area contributed by atoms with E-state index in [2.05, 4.69) is 5.32 Å². The van der Waals surface area contributed by atoms with Gasteiger partial charge in [0, 0.05) is 30.9 Å². The summed E-state index contributed by atoms with van der Waals surface area (Å²) in [5.41, 5.74) is 2.69. The van der Waals surface area contributed by atoms with Crippen LogP contribution in [0.3, 0.4) is 0 Å². The van der Waals surface area contributed by atoms with Crippen LogP contribution in [-0.4, -0.2) is 53.1 Å². The van der Waals surface area contributed by atoms with Crippen molar-refractivity contribution in [2.45, 2.75) is 96.2 Å². The van der Waals surface area contributed by atoms with Gasteiger partial charge < -0.3 is 29.7 Å². The lowest BCUT2D eigenvalue weighted by atomic mass is 9.92. The molecule has 0 bridgehead atoms. The molecule has 2 aliphatic rings. The number of allylic oxidation sites excluding steroid dienone is 2. The molecular weight excluding hydrogens is 828 g/mol. The van der Waals surface area contributed by atoms with Gasteiger partial charge in [0.15, 0.2) is 5.78 Å². The van der Waals surface area contributed by atoms with E-state index >= 15 is 8.78 Å². The number of benzene rings is 4. The van der Waals surface area contributed by atoms with Gasteiger partial charge in [-0.2, -0.15) is 8.78 Å². The molecule has 0 spiro atoms. The number of fused-ring (bicyclic) bond motifs is 1. The summed E-state index contributed by atoms with van der Waals surface area (Å²) in [4.78, 5) is 55.5. The molecule has 3 amide bonds. The molecule has 0 aromatic heterocycles. The molecule has 6 rings (SSSR count). The first-order chi connectivity index (χ1) is 30.2.